The van der Waals surface area contributed by atoms with Gasteiger partial charge in [0.1, 0.15) is 11.3 Å². The third-order valence-corrected chi connectivity index (χ3v) is 7.44. The summed E-state index contributed by atoms with van der Waals surface area (Å²) in [5, 5.41) is 0. The average molecular weight is 443 g/mol. The fraction of sp³-hybridized carbons (Fsp3) is 0.625. The number of hydrogen-bond donors (Lipinski definition) is 0. The summed E-state index contributed by atoms with van der Waals surface area (Å²) >= 11 is 0. The van der Waals surface area contributed by atoms with Gasteiger partial charge in [-0.25, -0.2) is 0 Å². The summed E-state index contributed by atoms with van der Waals surface area (Å²) in [5.41, 5.74) is 0.558. The number of carbonyl (C=O) groups excluding carboxylic acids is 3. The van der Waals surface area contributed by atoms with Crippen LogP contribution in [-0.4, -0.2) is 72.1 Å². The number of hydrogen-bond acceptors (Lipinski definition) is 6. The minimum Gasteiger partial charge on any atom is -0.493 e. The summed E-state index contributed by atoms with van der Waals surface area (Å²) in [6.07, 6.45) is 1.75. The zero-order valence-corrected chi connectivity index (χ0v) is 18.8. The first kappa shape index (κ1) is 21.2. The van der Waals surface area contributed by atoms with Crippen molar-refractivity contribution in [1.29, 1.82) is 0 Å². The number of amides is 2. The van der Waals surface area contributed by atoms with Crippen LogP contribution in [0.25, 0.3) is 0 Å². The molecule has 1 aromatic carbocycles. The zero-order valence-electron chi connectivity index (χ0n) is 18.8. The molecule has 0 spiro atoms. The molecule has 0 aromatic heterocycles. The average Bonchev–Trinajstić information content (AvgIpc) is 3.36. The van der Waals surface area contributed by atoms with Gasteiger partial charge in [0.2, 0.25) is 11.8 Å². The molecule has 0 saturated carbocycles. The lowest BCUT2D eigenvalue weighted by Crippen LogP contribution is -2.68. The maximum Gasteiger partial charge on any atom is 0.312 e. The second kappa shape index (κ2) is 7.76. The van der Waals surface area contributed by atoms with E-state index in [0.29, 0.717) is 18.9 Å². The third-order valence-electron chi connectivity index (χ3n) is 7.44. The van der Waals surface area contributed by atoms with Gasteiger partial charge in [-0.2, -0.15) is 0 Å². The highest BCUT2D eigenvalue weighted by Gasteiger charge is 2.69. The summed E-state index contributed by atoms with van der Waals surface area (Å²) in [7, 11) is 0. The number of nitrogens with zero attached hydrogens (tertiary/aromatic N) is 2. The maximum absolute atomic E-state index is 13.9. The van der Waals surface area contributed by atoms with Crippen molar-refractivity contribution in [3.8, 4) is 5.75 Å². The molecule has 0 radical (unpaired) electrons. The van der Waals surface area contributed by atoms with Gasteiger partial charge in [-0.15, -0.1) is 0 Å². The molecule has 4 aliphatic heterocycles. The molecular weight excluding hydrogens is 412 g/mol. The number of fused-ring (bicyclic) bond motifs is 5. The molecule has 32 heavy (non-hydrogen) atoms. The van der Waals surface area contributed by atoms with E-state index in [2.05, 4.69) is 0 Å². The van der Waals surface area contributed by atoms with Gasteiger partial charge in [-0.3, -0.25) is 14.4 Å². The molecule has 4 heterocycles. The highest BCUT2D eigenvalue weighted by Crippen LogP contribution is 2.56. The highest BCUT2D eigenvalue weighted by molar-refractivity contribution is 6.02. The van der Waals surface area contributed by atoms with Gasteiger partial charge in [0.25, 0.3) is 0 Å². The van der Waals surface area contributed by atoms with Crippen molar-refractivity contribution in [2.75, 3.05) is 32.9 Å². The molecule has 1 aromatic rings. The van der Waals surface area contributed by atoms with Crippen molar-refractivity contribution >= 4 is 17.8 Å². The molecule has 0 aliphatic carbocycles. The second-order valence-electron chi connectivity index (χ2n) is 9.42. The Morgan fingerprint density at radius 1 is 1.31 bits per heavy atom. The van der Waals surface area contributed by atoms with Crippen molar-refractivity contribution in [3.05, 3.63) is 29.3 Å². The Bertz CT molecular complexity index is 958. The van der Waals surface area contributed by atoms with Crippen LogP contribution in [0.15, 0.2) is 18.2 Å². The van der Waals surface area contributed by atoms with Crippen molar-refractivity contribution in [2.24, 2.45) is 11.8 Å². The van der Waals surface area contributed by atoms with Crippen molar-refractivity contribution in [3.63, 3.8) is 0 Å². The summed E-state index contributed by atoms with van der Waals surface area (Å²) in [4.78, 5) is 44.0. The number of ether oxygens (including phenoxy) is 3. The van der Waals surface area contributed by atoms with Gasteiger partial charge in [0.05, 0.1) is 37.8 Å². The Morgan fingerprint density at radius 2 is 2.12 bits per heavy atom. The molecule has 5 rings (SSSR count). The number of benzene rings is 1. The molecule has 3 fully saturated rings. The lowest BCUT2D eigenvalue weighted by Gasteiger charge is -2.47. The Kier molecular flexibility index (Phi) is 5.15. The SMILES string of the molecule is CCOC(=O)[C@H]1[C@H]2COc3ccc(C)cc3[C@@H]2N2C(=O)CN(CC3CCCO3)C(=O)[C@@]12C. The first-order valence-corrected chi connectivity index (χ1v) is 11.5. The molecule has 1 unspecified atom stereocenters. The van der Waals surface area contributed by atoms with Crippen LogP contribution >= 0.6 is 0 Å². The molecule has 2 amide bonds. The van der Waals surface area contributed by atoms with Crippen LogP contribution in [0.2, 0.25) is 0 Å². The number of aryl methyl sites for hydroxylation is 1. The number of carbonyl (C=O) groups is 3. The predicted molar refractivity (Wildman–Crippen MR) is 114 cm³/mol. The largest absolute Gasteiger partial charge is 0.493 e. The van der Waals surface area contributed by atoms with Crippen LogP contribution in [0.1, 0.15) is 43.9 Å². The minimum atomic E-state index is -1.33. The second-order valence-corrected chi connectivity index (χ2v) is 9.42. The van der Waals surface area contributed by atoms with Crippen LogP contribution < -0.4 is 4.74 Å². The predicted octanol–water partition coefficient (Wildman–Crippen LogP) is 1.85. The van der Waals surface area contributed by atoms with Crippen LogP contribution in [0, 0.1) is 18.8 Å². The summed E-state index contributed by atoms with van der Waals surface area (Å²) in [6.45, 7) is 6.95. The summed E-state index contributed by atoms with van der Waals surface area (Å²) in [6, 6.07) is 5.45. The Labute approximate surface area is 187 Å². The number of esters is 1. The molecule has 0 bridgehead atoms. The quantitative estimate of drug-likeness (QED) is 0.662. The molecule has 0 N–H and O–H groups in total. The Balaban J connectivity index is 1.59. The lowest BCUT2D eigenvalue weighted by atomic mass is 9.77. The lowest BCUT2D eigenvalue weighted by molar-refractivity contribution is -0.171. The standard InChI is InChI=1S/C24H30N2O6/c1-4-30-22(28)20-17-13-32-18-8-7-14(2)10-16(18)21(17)26-19(27)12-25(23(29)24(20,26)3)11-15-6-5-9-31-15/h7-8,10,15,17,20-21H,4-6,9,11-13H2,1-3H3/t15?,17-,20-,21+,24-/m1/s1. The van der Waals surface area contributed by atoms with E-state index >= 15 is 0 Å². The molecule has 172 valence electrons. The van der Waals surface area contributed by atoms with Gasteiger partial charge in [-0.05, 0) is 39.7 Å². The fourth-order valence-electron chi connectivity index (χ4n) is 6.10. The molecule has 3 saturated heterocycles. The van der Waals surface area contributed by atoms with E-state index < -0.39 is 23.5 Å². The maximum atomic E-state index is 13.9. The Morgan fingerprint density at radius 3 is 2.84 bits per heavy atom. The molecule has 5 atom stereocenters. The van der Waals surface area contributed by atoms with Crippen LogP contribution in [0.3, 0.4) is 0 Å². The van der Waals surface area contributed by atoms with E-state index in [0.717, 1.165) is 24.0 Å². The molecule has 8 heteroatoms. The van der Waals surface area contributed by atoms with Crippen LogP contribution in [0.4, 0.5) is 0 Å². The van der Waals surface area contributed by atoms with E-state index in [1.807, 2.05) is 25.1 Å². The Hall–Kier alpha value is -2.61. The highest BCUT2D eigenvalue weighted by atomic mass is 16.5. The van der Waals surface area contributed by atoms with Gasteiger partial charge >= 0.3 is 5.97 Å². The number of piperazine rings is 1. The monoisotopic (exact) mass is 442 g/mol. The summed E-state index contributed by atoms with van der Waals surface area (Å²) < 4.78 is 17.2. The van der Waals surface area contributed by atoms with E-state index in [9.17, 15) is 14.4 Å². The van der Waals surface area contributed by atoms with E-state index in [-0.39, 0.29) is 43.6 Å². The molecule has 8 nitrogen and oxygen atoms in total. The van der Waals surface area contributed by atoms with Crippen LogP contribution in [-0.2, 0) is 23.9 Å². The van der Waals surface area contributed by atoms with Gasteiger partial charge in [0.15, 0.2) is 0 Å². The van der Waals surface area contributed by atoms with E-state index in [1.54, 1.807) is 23.6 Å². The van der Waals surface area contributed by atoms with Gasteiger partial charge in [0, 0.05) is 24.6 Å². The van der Waals surface area contributed by atoms with Crippen molar-refractivity contribution in [1.82, 2.24) is 9.80 Å². The topological polar surface area (TPSA) is 85.4 Å². The first-order chi connectivity index (χ1) is 15.4. The van der Waals surface area contributed by atoms with Gasteiger partial charge < -0.3 is 24.0 Å². The van der Waals surface area contributed by atoms with Crippen molar-refractivity contribution in [2.45, 2.75) is 51.3 Å². The zero-order chi connectivity index (χ0) is 22.6. The molecule has 4 aliphatic rings. The normalized spacial score (nSPS) is 33.5. The minimum absolute atomic E-state index is 0.00491. The van der Waals surface area contributed by atoms with E-state index in [1.165, 1.54) is 0 Å². The van der Waals surface area contributed by atoms with Gasteiger partial charge in [-0.1, -0.05) is 17.7 Å². The molecular formula is C24H30N2O6. The van der Waals surface area contributed by atoms with Crippen molar-refractivity contribution < 1.29 is 28.6 Å². The van der Waals surface area contributed by atoms with E-state index in [4.69, 9.17) is 14.2 Å². The smallest absolute Gasteiger partial charge is 0.312 e. The number of rotatable bonds is 4. The third kappa shape index (κ3) is 3.03. The first-order valence-electron chi connectivity index (χ1n) is 11.5. The summed E-state index contributed by atoms with van der Waals surface area (Å²) in [5.74, 6) is -1.28. The van der Waals surface area contributed by atoms with Crippen LogP contribution in [0.5, 0.6) is 5.75 Å². The fourth-order valence-corrected chi connectivity index (χ4v) is 6.10.